The van der Waals surface area contributed by atoms with Gasteiger partial charge in [-0.3, -0.25) is 0 Å². The fourth-order valence-corrected chi connectivity index (χ4v) is 1.39. The average Bonchev–Trinajstić information content (AvgIpc) is 2.83. The van der Waals surface area contributed by atoms with Crippen LogP contribution in [0.4, 0.5) is 11.8 Å². The summed E-state index contributed by atoms with van der Waals surface area (Å²) in [5.41, 5.74) is 1.15. The molecule has 0 aliphatic heterocycles. The molecule has 5 N–H and O–H groups in total. The van der Waals surface area contributed by atoms with Gasteiger partial charge in [-0.1, -0.05) is 0 Å². The third-order valence-electron chi connectivity index (χ3n) is 2.29. The van der Waals surface area contributed by atoms with Gasteiger partial charge in [0.1, 0.15) is 5.52 Å². The summed E-state index contributed by atoms with van der Waals surface area (Å²) in [6, 6.07) is -0.471. The van der Waals surface area contributed by atoms with Gasteiger partial charge in [-0.25, -0.2) is 4.98 Å². The van der Waals surface area contributed by atoms with E-state index in [-0.39, 0.29) is 13.2 Å². The van der Waals surface area contributed by atoms with Crippen LogP contribution in [0.1, 0.15) is 0 Å². The van der Waals surface area contributed by atoms with Crippen molar-refractivity contribution in [2.75, 3.05) is 30.9 Å². The summed E-state index contributed by atoms with van der Waals surface area (Å²) in [4.78, 5) is 15.3. The third kappa shape index (κ3) is 2.27. The van der Waals surface area contributed by atoms with E-state index in [2.05, 4.69) is 30.6 Å². The Morgan fingerprint density at radius 1 is 1.35 bits per heavy atom. The van der Waals surface area contributed by atoms with Crippen LogP contribution in [-0.4, -0.2) is 56.5 Å². The number of hydrogen-bond donors (Lipinski definition) is 5. The molecule has 0 aliphatic carbocycles. The largest absolute Gasteiger partial charge is 0.394 e. The Morgan fingerprint density at radius 2 is 2.12 bits per heavy atom. The maximum absolute atomic E-state index is 9.03. The van der Waals surface area contributed by atoms with Gasteiger partial charge in [-0.05, 0) is 0 Å². The summed E-state index contributed by atoms with van der Waals surface area (Å²) in [7, 11) is 1.70. The molecule has 8 nitrogen and oxygen atoms in total. The summed E-state index contributed by atoms with van der Waals surface area (Å²) in [5, 5.41) is 23.8. The zero-order valence-electron chi connectivity index (χ0n) is 9.30. The standard InChI is InChI=1S/C9H14N6O2/c1-10-9-14-7-6(11-4-12-7)8(15-9)13-5(2-16)3-17/h4-5,16-17H,2-3H2,1H3,(H3,10,11,12,13,14,15). The first-order chi connectivity index (χ1) is 8.28. The maximum Gasteiger partial charge on any atom is 0.226 e. The van der Waals surface area contributed by atoms with Gasteiger partial charge in [-0.15, -0.1) is 0 Å². The number of anilines is 2. The van der Waals surface area contributed by atoms with E-state index in [9.17, 15) is 0 Å². The minimum absolute atomic E-state index is 0.189. The second-order valence-corrected chi connectivity index (χ2v) is 3.45. The van der Waals surface area contributed by atoms with E-state index >= 15 is 0 Å². The van der Waals surface area contributed by atoms with Crippen LogP contribution in [0, 0.1) is 0 Å². The van der Waals surface area contributed by atoms with Crippen LogP contribution in [0.15, 0.2) is 6.33 Å². The molecule has 0 bridgehead atoms. The van der Waals surface area contributed by atoms with E-state index in [0.29, 0.717) is 22.9 Å². The molecule has 0 saturated carbocycles. The highest BCUT2D eigenvalue weighted by Crippen LogP contribution is 2.18. The molecule has 0 atom stereocenters. The molecule has 0 amide bonds. The monoisotopic (exact) mass is 238 g/mol. The smallest absolute Gasteiger partial charge is 0.226 e. The van der Waals surface area contributed by atoms with Gasteiger partial charge in [0.25, 0.3) is 0 Å². The molecule has 2 aromatic heterocycles. The Hall–Kier alpha value is -1.93. The first-order valence-electron chi connectivity index (χ1n) is 5.15. The van der Waals surface area contributed by atoms with Crippen molar-refractivity contribution in [1.29, 1.82) is 0 Å². The number of aromatic amines is 1. The predicted octanol–water partition coefficient (Wildman–Crippen LogP) is -0.840. The van der Waals surface area contributed by atoms with E-state index < -0.39 is 6.04 Å². The van der Waals surface area contributed by atoms with Gasteiger partial charge in [-0.2, -0.15) is 9.97 Å². The van der Waals surface area contributed by atoms with Gasteiger partial charge in [0.05, 0.1) is 25.6 Å². The van der Waals surface area contributed by atoms with Crippen molar-refractivity contribution in [2.45, 2.75) is 6.04 Å². The van der Waals surface area contributed by atoms with Crippen LogP contribution in [0.3, 0.4) is 0 Å². The lowest BCUT2D eigenvalue weighted by molar-refractivity contribution is 0.203. The van der Waals surface area contributed by atoms with Crippen molar-refractivity contribution in [3.8, 4) is 0 Å². The van der Waals surface area contributed by atoms with Crippen molar-refractivity contribution in [1.82, 2.24) is 19.9 Å². The van der Waals surface area contributed by atoms with Crippen LogP contribution < -0.4 is 10.6 Å². The quantitative estimate of drug-likeness (QED) is 0.460. The molecule has 0 unspecified atom stereocenters. The van der Waals surface area contributed by atoms with Crippen molar-refractivity contribution < 1.29 is 10.2 Å². The topological polar surface area (TPSA) is 119 Å². The highest BCUT2D eigenvalue weighted by Gasteiger charge is 2.13. The normalized spacial score (nSPS) is 11.1. The Morgan fingerprint density at radius 3 is 2.76 bits per heavy atom. The zero-order valence-corrected chi connectivity index (χ0v) is 9.30. The van der Waals surface area contributed by atoms with Crippen LogP contribution in [0.25, 0.3) is 11.2 Å². The third-order valence-corrected chi connectivity index (χ3v) is 2.29. The first kappa shape index (κ1) is 11.6. The molecule has 0 aromatic carbocycles. The van der Waals surface area contributed by atoms with Gasteiger partial charge >= 0.3 is 0 Å². The second kappa shape index (κ2) is 4.93. The Bertz CT molecular complexity index is 495. The number of nitrogens with zero attached hydrogens (tertiary/aromatic N) is 3. The lowest BCUT2D eigenvalue weighted by atomic mass is 10.3. The molecular formula is C9H14N6O2. The Balaban J connectivity index is 2.39. The summed E-state index contributed by atoms with van der Waals surface area (Å²) >= 11 is 0. The molecule has 92 valence electrons. The highest BCUT2D eigenvalue weighted by molar-refractivity contribution is 5.83. The maximum atomic E-state index is 9.03. The minimum atomic E-state index is -0.471. The Kier molecular flexibility index (Phi) is 3.35. The van der Waals surface area contributed by atoms with Gasteiger partial charge < -0.3 is 25.8 Å². The molecule has 2 heterocycles. The number of aromatic nitrogens is 4. The number of fused-ring (bicyclic) bond motifs is 1. The Labute approximate surface area is 97.1 Å². The summed E-state index contributed by atoms with van der Waals surface area (Å²) in [5.74, 6) is 0.909. The fraction of sp³-hybridized carbons (Fsp3) is 0.444. The lowest BCUT2D eigenvalue weighted by Gasteiger charge is -2.14. The van der Waals surface area contributed by atoms with E-state index in [1.165, 1.54) is 6.33 Å². The molecule has 0 spiro atoms. The number of aliphatic hydroxyl groups is 2. The molecule has 0 saturated heterocycles. The number of imidazole rings is 1. The highest BCUT2D eigenvalue weighted by atomic mass is 16.3. The van der Waals surface area contributed by atoms with Crippen LogP contribution >= 0.6 is 0 Å². The summed E-state index contributed by atoms with van der Waals surface area (Å²) in [6.07, 6.45) is 1.51. The van der Waals surface area contributed by atoms with Crippen molar-refractivity contribution in [3.05, 3.63) is 6.33 Å². The number of H-pyrrole nitrogens is 1. The van der Waals surface area contributed by atoms with Crippen molar-refractivity contribution in [2.24, 2.45) is 0 Å². The zero-order chi connectivity index (χ0) is 12.3. The van der Waals surface area contributed by atoms with Crippen LogP contribution in [0.5, 0.6) is 0 Å². The second-order valence-electron chi connectivity index (χ2n) is 3.45. The number of hydrogen-bond acceptors (Lipinski definition) is 7. The molecule has 0 aliphatic rings. The molecule has 2 rings (SSSR count). The number of aliphatic hydroxyl groups excluding tert-OH is 2. The molecule has 0 fully saturated rings. The lowest BCUT2D eigenvalue weighted by Crippen LogP contribution is -2.28. The summed E-state index contributed by atoms with van der Waals surface area (Å²) < 4.78 is 0. The minimum Gasteiger partial charge on any atom is -0.394 e. The molecule has 8 heteroatoms. The van der Waals surface area contributed by atoms with Gasteiger partial charge in [0, 0.05) is 7.05 Å². The fourth-order valence-electron chi connectivity index (χ4n) is 1.39. The number of nitrogens with one attached hydrogen (secondary N) is 3. The first-order valence-corrected chi connectivity index (χ1v) is 5.15. The predicted molar refractivity (Wildman–Crippen MR) is 62.8 cm³/mol. The molecule has 2 aromatic rings. The van der Waals surface area contributed by atoms with Gasteiger partial charge in [0.2, 0.25) is 5.95 Å². The van der Waals surface area contributed by atoms with Crippen LogP contribution in [0.2, 0.25) is 0 Å². The SMILES string of the molecule is CNc1nc(NC(CO)CO)c2[nH]cnc2n1. The molecule has 17 heavy (non-hydrogen) atoms. The van der Waals surface area contributed by atoms with E-state index in [4.69, 9.17) is 10.2 Å². The van der Waals surface area contributed by atoms with E-state index in [1.54, 1.807) is 7.05 Å². The molecular weight excluding hydrogens is 224 g/mol. The van der Waals surface area contributed by atoms with E-state index in [0.717, 1.165) is 0 Å². The average molecular weight is 238 g/mol. The van der Waals surface area contributed by atoms with Crippen molar-refractivity contribution >= 4 is 22.9 Å². The summed E-state index contributed by atoms with van der Waals surface area (Å²) in [6.45, 7) is -0.379. The van der Waals surface area contributed by atoms with Gasteiger partial charge in [0.15, 0.2) is 11.5 Å². The van der Waals surface area contributed by atoms with Crippen LogP contribution in [-0.2, 0) is 0 Å². The van der Waals surface area contributed by atoms with Crippen molar-refractivity contribution in [3.63, 3.8) is 0 Å². The number of rotatable bonds is 5. The molecule has 0 radical (unpaired) electrons. The van der Waals surface area contributed by atoms with E-state index in [1.807, 2.05) is 0 Å².